The summed E-state index contributed by atoms with van der Waals surface area (Å²) < 4.78 is 1.48. The predicted molar refractivity (Wildman–Crippen MR) is 58.7 cm³/mol. The Morgan fingerprint density at radius 2 is 2.06 bits per heavy atom. The molecule has 0 unspecified atom stereocenters. The van der Waals surface area contributed by atoms with E-state index in [0.717, 1.165) is 5.69 Å². The number of nitrogen functional groups attached to an aromatic ring is 1. The molecular formula is C10H10N4O2. The van der Waals surface area contributed by atoms with Gasteiger partial charge in [-0.05, 0) is 12.1 Å². The molecule has 0 aliphatic heterocycles. The maximum absolute atomic E-state index is 10.3. The summed E-state index contributed by atoms with van der Waals surface area (Å²) in [4.78, 5) is 9.91. The molecule has 0 fully saturated rings. The maximum Gasteiger partial charge on any atom is 0.247 e. The zero-order chi connectivity index (χ0) is 11.5. The normalized spacial score (nSPS) is 10.2. The second-order valence-corrected chi connectivity index (χ2v) is 3.30. The van der Waals surface area contributed by atoms with Crippen molar-refractivity contribution in [2.24, 2.45) is 0 Å². The van der Waals surface area contributed by atoms with Crippen LogP contribution in [0, 0.1) is 10.1 Å². The number of hydrogen-bond acceptors (Lipinski definition) is 4. The van der Waals surface area contributed by atoms with Gasteiger partial charge in [-0.15, -0.1) is 0 Å². The molecule has 2 rings (SSSR count). The van der Waals surface area contributed by atoms with Gasteiger partial charge in [0.25, 0.3) is 0 Å². The third-order valence-electron chi connectivity index (χ3n) is 2.08. The Labute approximate surface area is 91.5 Å². The smallest absolute Gasteiger partial charge is 0.247 e. The fourth-order valence-corrected chi connectivity index (χ4v) is 1.43. The van der Waals surface area contributed by atoms with Crippen molar-refractivity contribution in [1.82, 2.24) is 9.78 Å². The minimum atomic E-state index is -0.433. The second-order valence-electron chi connectivity index (χ2n) is 3.30. The molecule has 0 saturated heterocycles. The lowest BCUT2D eigenvalue weighted by Gasteiger charge is -2.01. The number of nitro groups is 1. The molecule has 6 nitrogen and oxygen atoms in total. The van der Waals surface area contributed by atoms with Crippen molar-refractivity contribution in [3.8, 4) is 5.69 Å². The van der Waals surface area contributed by atoms with Crippen LogP contribution in [0.3, 0.4) is 0 Å². The number of hydrogen-bond donors (Lipinski definition) is 1. The lowest BCUT2D eigenvalue weighted by atomic mass is 10.3. The molecule has 0 amide bonds. The maximum atomic E-state index is 10.3. The van der Waals surface area contributed by atoms with Gasteiger partial charge in [0.1, 0.15) is 11.5 Å². The van der Waals surface area contributed by atoms with Crippen LogP contribution in [0.2, 0.25) is 0 Å². The molecule has 0 bridgehead atoms. The Bertz CT molecular complexity index is 507. The molecule has 1 aromatic carbocycles. The van der Waals surface area contributed by atoms with E-state index in [1.165, 1.54) is 10.7 Å². The molecule has 0 radical (unpaired) electrons. The molecule has 6 heteroatoms. The van der Waals surface area contributed by atoms with E-state index < -0.39 is 4.92 Å². The van der Waals surface area contributed by atoms with E-state index in [9.17, 15) is 10.1 Å². The second kappa shape index (κ2) is 4.01. The Morgan fingerprint density at radius 3 is 2.69 bits per heavy atom. The van der Waals surface area contributed by atoms with Gasteiger partial charge in [-0.2, -0.15) is 5.10 Å². The fraction of sp³-hybridized carbons (Fsp3) is 0.100. The van der Waals surface area contributed by atoms with Crippen LogP contribution in [0.1, 0.15) is 5.69 Å². The van der Waals surface area contributed by atoms with Gasteiger partial charge in [0, 0.05) is 11.0 Å². The quantitative estimate of drug-likeness (QED) is 0.620. The SMILES string of the molecule is Nc1cc(C[N+](=O)[O-])nn1-c1ccccc1. The molecule has 2 aromatic rings. The number of nitrogens with zero attached hydrogens (tertiary/aromatic N) is 3. The van der Waals surface area contributed by atoms with Crippen LogP contribution < -0.4 is 5.73 Å². The van der Waals surface area contributed by atoms with Crippen molar-refractivity contribution in [2.45, 2.75) is 6.54 Å². The highest BCUT2D eigenvalue weighted by atomic mass is 16.6. The summed E-state index contributed by atoms with van der Waals surface area (Å²) in [5.41, 5.74) is 6.87. The van der Waals surface area contributed by atoms with Crippen molar-refractivity contribution in [3.63, 3.8) is 0 Å². The minimum absolute atomic E-state index is 0.315. The van der Waals surface area contributed by atoms with Crippen LogP contribution in [-0.4, -0.2) is 14.7 Å². The minimum Gasteiger partial charge on any atom is -0.384 e. The first kappa shape index (κ1) is 10.2. The fourth-order valence-electron chi connectivity index (χ4n) is 1.43. The molecule has 82 valence electrons. The Balaban J connectivity index is 2.36. The summed E-state index contributed by atoms with van der Waals surface area (Å²) in [5.74, 6) is 0.392. The molecule has 0 aliphatic carbocycles. The highest BCUT2D eigenvalue weighted by Crippen LogP contribution is 2.14. The molecule has 16 heavy (non-hydrogen) atoms. The third kappa shape index (κ3) is 2.00. The number of rotatable bonds is 3. The molecule has 2 N–H and O–H groups in total. The highest BCUT2D eigenvalue weighted by molar-refractivity contribution is 5.42. The average Bonchev–Trinajstić information content (AvgIpc) is 2.60. The van der Waals surface area contributed by atoms with Crippen LogP contribution in [0.4, 0.5) is 5.82 Å². The number of aromatic nitrogens is 2. The monoisotopic (exact) mass is 218 g/mol. The highest BCUT2D eigenvalue weighted by Gasteiger charge is 2.10. The molecule has 0 saturated carbocycles. The number of para-hydroxylation sites is 1. The van der Waals surface area contributed by atoms with Gasteiger partial charge in [-0.25, -0.2) is 4.68 Å². The van der Waals surface area contributed by atoms with E-state index in [2.05, 4.69) is 5.10 Å². The van der Waals surface area contributed by atoms with Crippen LogP contribution >= 0.6 is 0 Å². The summed E-state index contributed by atoms with van der Waals surface area (Å²) in [6.07, 6.45) is 0. The average molecular weight is 218 g/mol. The van der Waals surface area contributed by atoms with Crippen molar-refractivity contribution in [3.05, 3.63) is 52.2 Å². The predicted octanol–water partition coefficient (Wildman–Crippen LogP) is 1.23. The van der Waals surface area contributed by atoms with Crippen molar-refractivity contribution < 1.29 is 4.92 Å². The molecule has 1 aromatic heterocycles. The van der Waals surface area contributed by atoms with Gasteiger partial charge in [0.2, 0.25) is 6.54 Å². The molecule has 0 atom stereocenters. The van der Waals surface area contributed by atoms with Crippen molar-refractivity contribution in [1.29, 1.82) is 0 Å². The van der Waals surface area contributed by atoms with E-state index in [1.54, 1.807) is 0 Å². The zero-order valence-electron chi connectivity index (χ0n) is 8.41. The van der Waals surface area contributed by atoms with E-state index >= 15 is 0 Å². The number of benzene rings is 1. The van der Waals surface area contributed by atoms with Gasteiger partial charge in [-0.1, -0.05) is 18.2 Å². The van der Waals surface area contributed by atoms with Crippen LogP contribution in [0.25, 0.3) is 5.69 Å². The van der Waals surface area contributed by atoms with Gasteiger partial charge >= 0.3 is 0 Å². The van der Waals surface area contributed by atoms with E-state index in [0.29, 0.717) is 11.5 Å². The first-order valence-electron chi connectivity index (χ1n) is 4.68. The first-order valence-corrected chi connectivity index (χ1v) is 4.68. The topological polar surface area (TPSA) is 87.0 Å². The molecular weight excluding hydrogens is 208 g/mol. The molecule has 0 aliphatic rings. The zero-order valence-corrected chi connectivity index (χ0v) is 8.41. The number of nitrogens with two attached hydrogens (primary N) is 1. The summed E-state index contributed by atoms with van der Waals surface area (Å²) in [6.45, 7) is -0.315. The lowest BCUT2D eigenvalue weighted by molar-refractivity contribution is -0.497. The lowest BCUT2D eigenvalue weighted by Crippen LogP contribution is -2.03. The van der Waals surface area contributed by atoms with Gasteiger partial charge < -0.3 is 5.73 Å². The summed E-state index contributed by atoms with van der Waals surface area (Å²) in [7, 11) is 0. The van der Waals surface area contributed by atoms with Crippen LogP contribution in [0.5, 0.6) is 0 Å². The molecule has 0 spiro atoms. The van der Waals surface area contributed by atoms with E-state index in [1.807, 2.05) is 30.3 Å². The van der Waals surface area contributed by atoms with Crippen molar-refractivity contribution in [2.75, 3.05) is 5.73 Å². The third-order valence-corrected chi connectivity index (χ3v) is 2.08. The summed E-state index contributed by atoms with van der Waals surface area (Å²) in [5, 5.41) is 14.4. The van der Waals surface area contributed by atoms with Crippen LogP contribution in [0.15, 0.2) is 36.4 Å². The Kier molecular flexibility index (Phi) is 2.55. The Morgan fingerprint density at radius 1 is 1.38 bits per heavy atom. The standard InChI is InChI=1S/C10H10N4O2/c11-10-6-8(7-13(15)16)12-14(10)9-4-2-1-3-5-9/h1-6H,7,11H2. The van der Waals surface area contributed by atoms with E-state index in [-0.39, 0.29) is 6.54 Å². The Hall–Kier alpha value is -2.37. The van der Waals surface area contributed by atoms with Gasteiger partial charge in [0.15, 0.2) is 0 Å². The van der Waals surface area contributed by atoms with Crippen LogP contribution in [-0.2, 0) is 6.54 Å². The van der Waals surface area contributed by atoms with E-state index in [4.69, 9.17) is 5.73 Å². The number of anilines is 1. The largest absolute Gasteiger partial charge is 0.384 e. The van der Waals surface area contributed by atoms with Gasteiger partial charge in [-0.3, -0.25) is 10.1 Å². The molecule has 1 heterocycles. The summed E-state index contributed by atoms with van der Waals surface area (Å²) in [6, 6.07) is 10.8. The van der Waals surface area contributed by atoms with Gasteiger partial charge in [0.05, 0.1) is 5.69 Å². The van der Waals surface area contributed by atoms with Crippen molar-refractivity contribution >= 4 is 5.82 Å². The first-order chi connectivity index (χ1) is 7.66. The summed E-state index contributed by atoms with van der Waals surface area (Å²) >= 11 is 0.